The Morgan fingerprint density at radius 2 is 2.13 bits per heavy atom. The number of aromatic nitrogens is 1. The molecule has 0 atom stereocenters. The lowest BCUT2D eigenvalue weighted by Gasteiger charge is -2.31. The van der Waals surface area contributed by atoms with Gasteiger partial charge in [0.2, 0.25) is 0 Å². The Morgan fingerprint density at radius 3 is 2.87 bits per heavy atom. The van der Waals surface area contributed by atoms with Gasteiger partial charge in [-0.05, 0) is 25.0 Å². The van der Waals surface area contributed by atoms with E-state index in [1.165, 1.54) is 4.70 Å². The summed E-state index contributed by atoms with van der Waals surface area (Å²) in [5.41, 5.74) is 1.05. The molecule has 4 heteroatoms. The molecule has 3 nitrogen and oxygen atoms in total. The highest BCUT2D eigenvalue weighted by molar-refractivity contribution is 7.22. The van der Waals surface area contributed by atoms with E-state index in [4.69, 9.17) is 0 Å². The summed E-state index contributed by atoms with van der Waals surface area (Å²) in [4.78, 5) is 4.49. The van der Waals surface area contributed by atoms with Gasteiger partial charge in [0, 0.05) is 6.04 Å². The zero-order valence-corrected chi connectivity index (χ0v) is 9.00. The second-order valence-electron chi connectivity index (χ2n) is 3.95. The first-order chi connectivity index (χ1) is 7.31. The number of para-hydroxylation sites is 1. The van der Waals surface area contributed by atoms with Crippen LogP contribution in [0.1, 0.15) is 12.8 Å². The Labute approximate surface area is 91.8 Å². The highest BCUT2D eigenvalue weighted by Gasteiger charge is 2.27. The first-order valence-corrected chi connectivity index (χ1v) is 5.93. The summed E-state index contributed by atoms with van der Waals surface area (Å²) in [6.07, 6.45) is 1.57. The van der Waals surface area contributed by atoms with Gasteiger partial charge in [-0.2, -0.15) is 0 Å². The molecule has 1 aromatic heterocycles. The van der Waals surface area contributed by atoms with Crippen molar-refractivity contribution in [3.63, 3.8) is 0 Å². The van der Waals surface area contributed by atoms with Gasteiger partial charge in [0.15, 0.2) is 5.13 Å². The number of rotatable bonds is 2. The second-order valence-corrected chi connectivity index (χ2v) is 4.98. The number of nitrogens with one attached hydrogen (secondary N) is 1. The number of thiazole rings is 1. The van der Waals surface area contributed by atoms with E-state index in [-0.39, 0.29) is 6.10 Å². The SMILES string of the molecule is OC1CC(Nc2nc3ccccc3s2)C1. The van der Waals surface area contributed by atoms with Crippen molar-refractivity contribution in [2.24, 2.45) is 0 Å². The number of hydrogen-bond acceptors (Lipinski definition) is 4. The van der Waals surface area contributed by atoms with Gasteiger partial charge in [-0.1, -0.05) is 23.5 Å². The van der Waals surface area contributed by atoms with Crippen LogP contribution in [-0.4, -0.2) is 22.2 Å². The van der Waals surface area contributed by atoms with E-state index in [2.05, 4.69) is 16.4 Å². The third-order valence-electron chi connectivity index (χ3n) is 2.73. The fraction of sp³-hybridized carbons (Fsp3) is 0.364. The molecule has 1 aromatic carbocycles. The van der Waals surface area contributed by atoms with Gasteiger partial charge in [0.25, 0.3) is 0 Å². The van der Waals surface area contributed by atoms with Gasteiger partial charge >= 0.3 is 0 Å². The monoisotopic (exact) mass is 220 g/mol. The van der Waals surface area contributed by atoms with E-state index in [1.54, 1.807) is 11.3 Å². The molecule has 78 valence electrons. The predicted molar refractivity (Wildman–Crippen MR) is 62.3 cm³/mol. The molecule has 1 heterocycles. The minimum Gasteiger partial charge on any atom is -0.393 e. The zero-order valence-electron chi connectivity index (χ0n) is 8.18. The van der Waals surface area contributed by atoms with E-state index in [0.717, 1.165) is 23.5 Å². The van der Waals surface area contributed by atoms with E-state index in [0.29, 0.717) is 6.04 Å². The van der Waals surface area contributed by atoms with Crippen LogP contribution in [-0.2, 0) is 0 Å². The standard InChI is InChI=1S/C11H12N2OS/c14-8-5-7(6-8)12-11-13-9-3-1-2-4-10(9)15-11/h1-4,7-8,14H,5-6H2,(H,12,13). The summed E-state index contributed by atoms with van der Waals surface area (Å²) in [5, 5.41) is 13.5. The molecule has 2 N–H and O–H groups in total. The van der Waals surface area contributed by atoms with Crippen LogP contribution < -0.4 is 5.32 Å². The van der Waals surface area contributed by atoms with Crippen LogP contribution in [0, 0.1) is 0 Å². The first-order valence-electron chi connectivity index (χ1n) is 5.11. The molecule has 0 bridgehead atoms. The van der Waals surface area contributed by atoms with Gasteiger partial charge in [-0.3, -0.25) is 0 Å². The first kappa shape index (κ1) is 9.12. The molecule has 1 fully saturated rings. The third-order valence-corrected chi connectivity index (χ3v) is 3.70. The minimum absolute atomic E-state index is 0.114. The van der Waals surface area contributed by atoms with E-state index >= 15 is 0 Å². The normalized spacial score (nSPS) is 25.1. The molecule has 2 aromatic rings. The van der Waals surface area contributed by atoms with Gasteiger partial charge in [0.1, 0.15) is 0 Å². The predicted octanol–water partition coefficient (Wildman–Crippen LogP) is 2.23. The highest BCUT2D eigenvalue weighted by Crippen LogP contribution is 2.29. The van der Waals surface area contributed by atoms with Crippen molar-refractivity contribution in [2.75, 3.05) is 5.32 Å². The second kappa shape index (κ2) is 3.47. The number of nitrogens with zero attached hydrogens (tertiary/aromatic N) is 1. The molecule has 0 spiro atoms. The van der Waals surface area contributed by atoms with Crippen molar-refractivity contribution in [1.82, 2.24) is 4.98 Å². The molecule has 1 aliphatic carbocycles. The Bertz CT molecular complexity index is 443. The number of aliphatic hydroxyl groups excluding tert-OH is 1. The molecule has 3 rings (SSSR count). The third kappa shape index (κ3) is 1.70. The van der Waals surface area contributed by atoms with Crippen molar-refractivity contribution in [2.45, 2.75) is 25.0 Å². The van der Waals surface area contributed by atoms with E-state index in [1.807, 2.05) is 18.2 Å². The molecule has 1 aliphatic rings. The highest BCUT2D eigenvalue weighted by atomic mass is 32.1. The summed E-state index contributed by atoms with van der Waals surface area (Å²) >= 11 is 1.67. The average Bonchev–Trinajstić information content (AvgIpc) is 2.57. The van der Waals surface area contributed by atoms with Crippen LogP contribution in [0.4, 0.5) is 5.13 Å². The largest absolute Gasteiger partial charge is 0.393 e. The Kier molecular flexibility index (Phi) is 2.11. The van der Waals surface area contributed by atoms with Crippen molar-refractivity contribution in [3.05, 3.63) is 24.3 Å². The molecule has 0 unspecified atom stereocenters. The maximum absolute atomic E-state index is 9.18. The summed E-state index contributed by atoms with van der Waals surface area (Å²) in [6.45, 7) is 0. The summed E-state index contributed by atoms with van der Waals surface area (Å²) in [7, 11) is 0. The fourth-order valence-corrected chi connectivity index (χ4v) is 2.76. The molecule has 1 saturated carbocycles. The number of benzene rings is 1. The van der Waals surface area contributed by atoms with E-state index in [9.17, 15) is 5.11 Å². The lowest BCUT2D eigenvalue weighted by Crippen LogP contribution is -2.38. The van der Waals surface area contributed by atoms with Crippen molar-refractivity contribution < 1.29 is 5.11 Å². The molecular formula is C11H12N2OS. The summed E-state index contributed by atoms with van der Waals surface area (Å²) < 4.78 is 1.21. The van der Waals surface area contributed by atoms with Crippen molar-refractivity contribution in [1.29, 1.82) is 0 Å². The lowest BCUT2D eigenvalue weighted by atomic mass is 9.90. The van der Waals surface area contributed by atoms with Gasteiger partial charge in [-0.15, -0.1) is 0 Å². The van der Waals surface area contributed by atoms with Crippen LogP contribution in [0.25, 0.3) is 10.2 Å². The molecule has 0 amide bonds. The van der Waals surface area contributed by atoms with Crippen LogP contribution in [0.5, 0.6) is 0 Å². The van der Waals surface area contributed by atoms with Gasteiger partial charge in [-0.25, -0.2) is 4.98 Å². The summed E-state index contributed by atoms with van der Waals surface area (Å²) in [6, 6.07) is 8.53. The molecule has 0 radical (unpaired) electrons. The maximum atomic E-state index is 9.18. The molecular weight excluding hydrogens is 208 g/mol. The fourth-order valence-electron chi connectivity index (χ4n) is 1.81. The van der Waals surface area contributed by atoms with Crippen LogP contribution >= 0.6 is 11.3 Å². The molecule has 0 saturated heterocycles. The smallest absolute Gasteiger partial charge is 0.184 e. The minimum atomic E-state index is -0.114. The van der Waals surface area contributed by atoms with Crippen LogP contribution in [0.2, 0.25) is 0 Å². The Balaban J connectivity index is 1.80. The zero-order chi connectivity index (χ0) is 10.3. The van der Waals surface area contributed by atoms with Crippen LogP contribution in [0.15, 0.2) is 24.3 Å². The van der Waals surface area contributed by atoms with Crippen LogP contribution in [0.3, 0.4) is 0 Å². The van der Waals surface area contributed by atoms with Gasteiger partial charge < -0.3 is 10.4 Å². The van der Waals surface area contributed by atoms with Crippen molar-refractivity contribution >= 4 is 26.7 Å². The Morgan fingerprint density at radius 1 is 1.33 bits per heavy atom. The van der Waals surface area contributed by atoms with Crippen molar-refractivity contribution in [3.8, 4) is 0 Å². The molecule has 15 heavy (non-hydrogen) atoms. The Hall–Kier alpha value is -1.13. The number of hydrogen-bond donors (Lipinski definition) is 2. The average molecular weight is 220 g/mol. The van der Waals surface area contributed by atoms with Gasteiger partial charge in [0.05, 0.1) is 16.3 Å². The summed E-state index contributed by atoms with van der Waals surface area (Å²) in [5.74, 6) is 0. The lowest BCUT2D eigenvalue weighted by molar-refractivity contribution is 0.0836. The number of fused-ring (bicyclic) bond motifs is 1. The number of anilines is 1. The molecule has 0 aliphatic heterocycles. The van der Waals surface area contributed by atoms with E-state index < -0.39 is 0 Å². The topological polar surface area (TPSA) is 45.1 Å². The quantitative estimate of drug-likeness (QED) is 0.815. The number of aliphatic hydroxyl groups is 1. The maximum Gasteiger partial charge on any atom is 0.184 e.